The first kappa shape index (κ1) is 41.3. The van der Waals surface area contributed by atoms with E-state index in [2.05, 4.69) is 22.9 Å². The smallest absolute Gasteiger partial charge is 0.315 e. The molecule has 0 bridgehead atoms. The van der Waals surface area contributed by atoms with E-state index < -0.39 is 17.3 Å². The standard InChI is InChI=1S/C38H71N3O6/c1-6-7-8-9-10-11-12-13-14-15-16-17-18-19-20-24-28-40-36(44)41-31-25-22-21-23-26-32(31)46-33(42)27-29-39-35(43)34-37(2,3)30-45-38(4,5)47-34/h31-32,34H,6-30H2,1-5H3,(H,39,43)(H2,40,41,44). The number of ether oxygens (including phenoxy) is 3. The number of amides is 3. The van der Waals surface area contributed by atoms with E-state index in [1.807, 2.05) is 13.8 Å². The minimum Gasteiger partial charge on any atom is -0.460 e. The Labute approximate surface area is 287 Å². The zero-order valence-corrected chi connectivity index (χ0v) is 30.9. The quantitative estimate of drug-likeness (QED) is 0.0573. The summed E-state index contributed by atoms with van der Waals surface area (Å²) in [5.74, 6) is -1.46. The van der Waals surface area contributed by atoms with Crippen molar-refractivity contribution in [3.8, 4) is 0 Å². The summed E-state index contributed by atoms with van der Waals surface area (Å²) < 4.78 is 17.4. The van der Waals surface area contributed by atoms with Gasteiger partial charge in [0.1, 0.15) is 12.2 Å². The molecule has 47 heavy (non-hydrogen) atoms. The lowest BCUT2D eigenvalue weighted by Crippen LogP contribution is -2.56. The Kier molecular flexibility index (Phi) is 20.6. The minimum atomic E-state index is -0.837. The Morgan fingerprint density at radius 3 is 1.85 bits per heavy atom. The van der Waals surface area contributed by atoms with Crippen molar-refractivity contribution >= 4 is 17.9 Å². The van der Waals surface area contributed by atoms with Crippen molar-refractivity contribution in [2.45, 2.75) is 200 Å². The maximum absolute atomic E-state index is 12.9. The largest absolute Gasteiger partial charge is 0.460 e. The van der Waals surface area contributed by atoms with Crippen molar-refractivity contribution in [1.29, 1.82) is 0 Å². The first-order chi connectivity index (χ1) is 22.5. The van der Waals surface area contributed by atoms with E-state index in [-0.39, 0.29) is 43.0 Å². The Morgan fingerprint density at radius 2 is 1.26 bits per heavy atom. The highest BCUT2D eigenvalue weighted by Gasteiger charge is 2.45. The first-order valence-electron chi connectivity index (χ1n) is 19.4. The SMILES string of the molecule is CCCCCCCCCCCCCCCCCCNC(=O)NC1CCCCCC1OC(=O)CCNC(=O)C1OC(C)(C)OCC1(C)C. The van der Waals surface area contributed by atoms with Crippen LogP contribution in [-0.2, 0) is 23.8 Å². The van der Waals surface area contributed by atoms with E-state index in [1.165, 1.54) is 89.9 Å². The normalized spacial score (nSPS) is 22.2. The molecule has 9 nitrogen and oxygen atoms in total. The van der Waals surface area contributed by atoms with Crippen LogP contribution in [0.4, 0.5) is 4.79 Å². The molecule has 2 rings (SSSR count). The summed E-state index contributed by atoms with van der Waals surface area (Å²) in [7, 11) is 0. The molecule has 9 heteroatoms. The molecule has 0 aromatic carbocycles. The van der Waals surface area contributed by atoms with E-state index in [0.717, 1.165) is 44.9 Å². The van der Waals surface area contributed by atoms with Crippen LogP contribution in [0.25, 0.3) is 0 Å². The molecule has 3 amide bonds. The second-order valence-electron chi connectivity index (χ2n) is 15.2. The van der Waals surface area contributed by atoms with Gasteiger partial charge >= 0.3 is 12.0 Å². The van der Waals surface area contributed by atoms with Crippen molar-refractivity contribution in [2.75, 3.05) is 19.7 Å². The van der Waals surface area contributed by atoms with Crippen LogP contribution in [0.5, 0.6) is 0 Å². The molecule has 0 spiro atoms. The Morgan fingerprint density at radius 1 is 0.702 bits per heavy atom. The second kappa shape index (κ2) is 23.5. The number of unbranched alkanes of at least 4 members (excludes halogenated alkanes) is 15. The predicted octanol–water partition coefficient (Wildman–Crippen LogP) is 8.48. The van der Waals surface area contributed by atoms with Crippen LogP contribution in [0, 0.1) is 5.41 Å². The molecule has 0 aromatic heterocycles. The molecule has 1 aliphatic carbocycles. The molecule has 274 valence electrons. The van der Waals surface area contributed by atoms with Gasteiger partial charge < -0.3 is 30.2 Å². The van der Waals surface area contributed by atoms with E-state index in [9.17, 15) is 14.4 Å². The zero-order valence-electron chi connectivity index (χ0n) is 30.9. The summed E-state index contributed by atoms with van der Waals surface area (Å²) in [6.45, 7) is 10.9. The third kappa shape index (κ3) is 18.5. The van der Waals surface area contributed by atoms with Crippen molar-refractivity contribution < 1.29 is 28.6 Å². The summed E-state index contributed by atoms with van der Waals surface area (Å²) in [5, 5.41) is 8.92. The number of urea groups is 1. The van der Waals surface area contributed by atoms with Crippen LogP contribution in [0.15, 0.2) is 0 Å². The van der Waals surface area contributed by atoms with Crippen LogP contribution < -0.4 is 16.0 Å². The van der Waals surface area contributed by atoms with E-state index in [0.29, 0.717) is 13.2 Å². The average molecular weight is 666 g/mol. The number of carbonyl (C=O) groups is 3. The topological polar surface area (TPSA) is 115 Å². The molecule has 1 saturated heterocycles. The fourth-order valence-corrected chi connectivity index (χ4v) is 6.60. The van der Waals surface area contributed by atoms with Gasteiger partial charge in [0.15, 0.2) is 5.79 Å². The van der Waals surface area contributed by atoms with Gasteiger partial charge in [-0.25, -0.2) is 4.79 Å². The Hall–Kier alpha value is -1.87. The monoisotopic (exact) mass is 666 g/mol. The average Bonchev–Trinajstić information content (AvgIpc) is 3.24. The van der Waals surface area contributed by atoms with Gasteiger partial charge in [0.05, 0.1) is 19.1 Å². The van der Waals surface area contributed by atoms with Crippen molar-refractivity contribution in [3.05, 3.63) is 0 Å². The molecule has 1 heterocycles. The fourth-order valence-electron chi connectivity index (χ4n) is 6.60. The van der Waals surface area contributed by atoms with Crippen LogP contribution in [0.1, 0.15) is 176 Å². The zero-order chi connectivity index (χ0) is 34.4. The predicted molar refractivity (Wildman–Crippen MR) is 189 cm³/mol. The number of rotatable bonds is 23. The molecular formula is C38H71N3O6. The van der Waals surface area contributed by atoms with Crippen LogP contribution in [0.3, 0.4) is 0 Å². The first-order valence-corrected chi connectivity index (χ1v) is 19.4. The molecule has 3 N–H and O–H groups in total. The molecule has 0 aromatic rings. The van der Waals surface area contributed by atoms with Gasteiger partial charge in [-0.1, -0.05) is 130 Å². The molecule has 1 saturated carbocycles. The van der Waals surface area contributed by atoms with Gasteiger partial charge in [-0.3, -0.25) is 9.59 Å². The molecule has 3 atom stereocenters. The summed E-state index contributed by atoms with van der Waals surface area (Å²) in [4.78, 5) is 38.3. The highest BCUT2D eigenvalue weighted by molar-refractivity contribution is 5.82. The lowest BCUT2D eigenvalue weighted by atomic mass is 9.85. The fraction of sp³-hybridized carbons (Fsp3) is 0.921. The highest BCUT2D eigenvalue weighted by atomic mass is 16.7. The molecule has 0 radical (unpaired) electrons. The van der Waals surface area contributed by atoms with Gasteiger partial charge in [0, 0.05) is 18.5 Å². The number of carbonyl (C=O) groups excluding carboxylic acids is 3. The van der Waals surface area contributed by atoms with Crippen LogP contribution >= 0.6 is 0 Å². The third-order valence-electron chi connectivity index (χ3n) is 9.64. The Balaban J connectivity index is 1.54. The molecule has 2 aliphatic rings. The summed E-state index contributed by atoms with van der Waals surface area (Å²) in [6, 6.07) is -0.395. The summed E-state index contributed by atoms with van der Waals surface area (Å²) in [5.41, 5.74) is -0.480. The Bertz CT molecular complexity index is 879. The summed E-state index contributed by atoms with van der Waals surface area (Å²) in [6.07, 6.45) is 24.8. The van der Waals surface area contributed by atoms with E-state index in [4.69, 9.17) is 14.2 Å². The molecule has 3 unspecified atom stereocenters. The lowest BCUT2D eigenvalue weighted by Gasteiger charge is -2.44. The van der Waals surface area contributed by atoms with Crippen molar-refractivity contribution in [3.63, 3.8) is 0 Å². The molecule has 1 aliphatic heterocycles. The molecular weight excluding hydrogens is 594 g/mol. The second-order valence-corrected chi connectivity index (χ2v) is 15.2. The van der Waals surface area contributed by atoms with Crippen molar-refractivity contribution in [2.24, 2.45) is 5.41 Å². The molecule has 2 fully saturated rings. The van der Waals surface area contributed by atoms with E-state index in [1.54, 1.807) is 13.8 Å². The van der Waals surface area contributed by atoms with Gasteiger partial charge in [0.2, 0.25) is 5.91 Å². The lowest BCUT2D eigenvalue weighted by molar-refractivity contribution is -0.304. The van der Waals surface area contributed by atoms with Crippen LogP contribution in [0.2, 0.25) is 0 Å². The van der Waals surface area contributed by atoms with Gasteiger partial charge in [0.25, 0.3) is 0 Å². The maximum atomic E-state index is 12.9. The van der Waals surface area contributed by atoms with Gasteiger partial charge in [-0.15, -0.1) is 0 Å². The maximum Gasteiger partial charge on any atom is 0.315 e. The van der Waals surface area contributed by atoms with Gasteiger partial charge in [-0.2, -0.15) is 0 Å². The van der Waals surface area contributed by atoms with Crippen molar-refractivity contribution in [1.82, 2.24) is 16.0 Å². The number of nitrogens with one attached hydrogen (secondary N) is 3. The number of hydrogen-bond acceptors (Lipinski definition) is 6. The summed E-state index contributed by atoms with van der Waals surface area (Å²) >= 11 is 0. The van der Waals surface area contributed by atoms with E-state index >= 15 is 0 Å². The number of hydrogen-bond donors (Lipinski definition) is 3. The third-order valence-corrected chi connectivity index (χ3v) is 9.64. The number of esters is 1. The van der Waals surface area contributed by atoms with Crippen LogP contribution in [-0.4, -0.2) is 61.6 Å². The van der Waals surface area contributed by atoms with Gasteiger partial charge in [-0.05, 0) is 39.5 Å². The highest BCUT2D eigenvalue weighted by Crippen LogP contribution is 2.34. The minimum absolute atomic E-state index is 0.0629.